The Morgan fingerprint density at radius 2 is 1.79 bits per heavy atom. The number of piperidine rings is 1. The standard InChI is InChI=1S/C20H32NO2P/c1-12-10-20(3)16-8-9-19(2)13(11-22)4-6-15(19)14(16)5-7-17(20)21(24)18(12)23/h11-17H,4-10,24H2,1-3H3. The third-order valence-electron chi connectivity index (χ3n) is 8.81. The van der Waals surface area contributed by atoms with Gasteiger partial charge in [0.15, 0.2) is 0 Å². The second-order valence-electron chi connectivity index (χ2n) is 9.69. The lowest BCUT2D eigenvalue weighted by molar-refractivity contribution is -0.157. The molecule has 1 amide bonds. The van der Waals surface area contributed by atoms with Gasteiger partial charge < -0.3 is 9.46 Å². The second-order valence-corrected chi connectivity index (χ2v) is 10.2. The number of carbonyl (C=O) groups excluding carboxylic acids is 2. The van der Waals surface area contributed by atoms with Crippen LogP contribution in [0.2, 0.25) is 0 Å². The summed E-state index contributed by atoms with van der Waals surface area (Å²) in [5, 5.41) is 0. The summed E-state index contributed by atoms with van der Waals surface area (Å²) in [5.41, 5.74) is 0.488. The molecule has 9 atom stereocenters. The molecule has 3 nitrogen and oxygen atoms in total. The van der Waals surface area contributed by atoms with Crippen molar-refractivity contribution < 1.29 is 9.59 Å². The molecule has 0 spiro atoms. The monoisotopic (exact) mass is 349 g/mol. The van der Waals surface area contributed by atoms with Gasteiger partial charge in [0.2, 0.25) is 5.91 Å². The third-order valence-corrected chi connectivity index (χ3v) is 9.43. The molecule has 0 aromatic rings. The quantitative estimate of drug-likeness (QED) is 0.528. The summed E-state index contributed by atoms with van der Waals surface area (Å²) in [4.78, 5) is 24.1. The molecule has 4 aliphatic rings. The van der Waals surface area contributed by atoms with Crippen molar-refractivity contribution in [3.05, 3.63) is 0 Å². The van der Waals surface area contributed by atoms with E-state index < -0.39 is 0 Å². The van der Waals surface area contributed by atoms with Crippen LogP contribution in [0.1, 0.15) is 65.7 Å². The molecule has 4 rings (SSSR count). The Morgan fingerprint density at radius 1 is 1.08 bits per heavy atom. The Morgan fingerprint density at radius 3 is 2.50 bits per heavy atom. The first-order valence-corrected chi connectivity index (χ1v) is 10.4. The minimum atomic E-state index is 0.141. The maximum Gasteiger partial charge on any atom is 0.228 e. The zero-order valence-corrected chi connectivity index (χ0v) is 16.5. The van der Waals surface area contributed by atoms with E-state index >= 15 is 0 Å². The van der Waals surface area contributed by atoms with Crippen molar-refractivity contribution in [3.8, 4) is 0 Å². The molecule has 0 bridgehead atoms. The minimum Gasteiger partial charge on any atom is -0.324 e. The van der Waals surface area contributed by atoms with Gasteiger partial charge in [0.1, 0.15) is 6.29 Å². The fraction of sp³-hybridized carbons (Fsp3) is 0.900. The van der Waals surface area contributed by atoms with Crippen molar-refractivity contribution in [1.82, 2.24) is 4.67 Å². The number of amides is 1. The third kappa shape index (κ3) is 2.06. The number of aldehydes is 1. The fourth-order valence-electron chi connectivity index (χ4n) is 7.60. The highest BCUT2D eigenvalue weighted by Crippen LogP contribution is 2.66. The summed E-state index contributed by atoms with van der Waals surface area (Å²) in [6.45, 7) is 6.96. The van der Waals surface area contributed by atoms with Crippen LogP contribution in [-0.4, -0.2) is 22.9 Å². The molecular weight excluding hydrogens is 317 g/mol. The lowest BCUT2D eigenvalue weighted by Crippen LogP contribution is -2.61. The van der Waals surface area contributed by atoms with Crippen LogP contribution in [-0.2, 0) is 9.59 Å². The number of hydrogen-bond donors (Lipinski definition) is 0. The van der Waals surface area contributed by atoms with E-state index in [-0.39, 0.29) is 22.7 Å². The number of rotatable bonds is 1. The van der Waals surface area contributed by atoms with Gasteiger partial charge >= 0.3 is 0 Å². The highest BCUT2D eigenvalue weighted by atomic mass is 31.0. The molecular formula is C20H32NO2P. The summed E-state index contributed by atoms with van der Waals surface area (Å²) >= 11 is 0. The van der Waals surface area contributed by atoms with Crippen molar-refractivity contribution >= 4 is 21.6 Å². The van der Waals surface area contributed by atoms with Crippen molar-refractivity contribution in [2.45, 2.75) is 71.8 Å². The van der Waals surface area contributed by atoms with E-state index in [9.17, 15) is 9.59 Å². The van der Waals surface area contributed by atoms with Crippen LogP contribution in [0.5, 0.6) is 0 Å². The number of nitrogens with zero attached hydrogens (tertiary/aromatic N) is 1. The Bertz CT molecular complexity index is 566. The van der Waals surface area contributed by atoms with E-state index in [4.69, 9.17) is 0 Å². The Balaban J connectivity index is 1.66. The van der Waals surface area contributed by atoms with E-state index in [0.29, 0.717) is 11.9 Å². The van der Waals surface area contributed by atoms with Gasteiger partial charge in [-0.25, -0.2) is 0 Å². The van der Waals surface area contributed by atoms with Crippen LogP contribution in [0, 0.1) is 40.4 Å². The predicted molar refractivity (Wildman–Crippen MR) is 98.1 cm³/mol. The van der Waals surface area contributed by atoms with Crippen molar-refractivity contribution in [2.75, 3.05) is 0 Å². The molecule has 4 fully saturated rings. The van der Waals surface area contributed by atoms with E-state index in [2.05, 4.69) is 30.2 Å². The molecule has 9 unspecified atom stereocenters. The number of fused-ring (bicyclic) bond motifs is 5. The van der Waals surface area contributed by atoms with Gasteiger partial charge in [0.05, 0.1) is 0 Å². The van der Waals surface area contributed by atoms with Crippen molar-refractivity contribution in [2.24, 2.45) is 40.4 Å². The number of hydrogen-bond acceptors (Lipinski definition) is 2. The van der Waals surface area contributed by atoms with Gasteiger partial charge in [-0.05, 0) is 82.9 Å². The summed E-state index contributed by atoms with van der Waals surface area (Å²) in [6.07, 6.45) is 9.45. The fourth-order valence-corrected chi connectivity index (χ4v) is 8.34. The molecule has 0 aromatic heterocycles. The van der Waals surface area contributed by atoms with Gasteiger partial charge in [-0.3, -0.25) is 4.79 Å². The summed E-state index contributed by atoms with van der Waals surface area (Å²) in [6, 6.07) is 0.389. The summed E-state index contributed by atoms with van der Waals surface area (Å²) < 4.78 is 2.00. The van der Waals surface area contributed by atoms with Gasteiger partial charge in [0.25, 0.3) is 0 Å². The molecule has 3 aliphatic carbocycles. The smallest absolute Gasteiger partial charge is 0.228 e. The first-order valence-electron chi connectivity index (χ1n) is 9.86. The summed E-state index contributed by atoms with van der Waals surface area (Å²) in [7, 11) is 2.74. The largest absolute Gasteiger partial charge is 0.324 e. The molecule has 0 N–H and O–H groups in total. The molecule has 3 saturated carbocycles. The van der Waals surface area contributed by atoms with Gasteiger partial charge in [-0.15, -0.1) is 0 Å². The lowest BCUT2D eigenvalue weighted by atomic mass is 9.46. The number of carbonyl (C=O) groups is 2. The Labute approximate surface area is 148 Å². The van der Waals surface area contributed by atoms with Crippen molar-refractivity contribution in [3.63, 3.8) is 0 Å². The maximum atomic E-state index is 12.5. The zero-order valence-electron chi connectivity index (χ0n) is 15.3. The normalized spacial score (nSPS) is 54.0. The van der Waals surface area contributed by atoms with Crippen LogP contribution in [0.25, 0.3) is 0 Å². The molecule has 1 heterocycles. The molecule has 1 saturated heterocycles. The van der Waals surface area contributed by atoms with E-state index in [0.717, 1.165) is 37.0 Å². The second kappa shape index (κ2) is 5.53. The topological polar surface area (TPSA) is 37.4 Å². The Hall–Kier alpha value is -0.430. The SMILES string of the molecule is CC1CC2(C)C3CCC4(C)C(C=O)CCC4C3CCC2N(P)C1=O. The van der Waals surface area contributed by atoms with Gasteiger partial charge in [-0.2, -0.15) is 0 Å². The Kier molecular flexibility index (Phi) is 3.92. The highest BCUT2D eigenvalue weighted by molar-refractivity contribution is 7.14. The minimum absolute atomic E-state index is 0.141. The van der Waals surface area contributed by atoms with Crippen LogP contribution in [0.3, 0.4) is 0 Å². The van der Waals surface area contributed by atoms with Crippen molar-refractivity contribution in [1.29, 1.82) is 0 Å². The molecule has 1 aliphatic heterocycles. The maximum absolute atomic E-state index is 12.5. The molecule has 0 aromatic carbocycles. The molecule has 134 valence electrons. The average molecular weight is 349 g/mol. The zero-order chi connectivity index (χ0) is 17.3. The average Bonchev–Trinajstić information content (AvgIpc) is 2.89. The molecule has 4 heteroatoms. The molecule has 0 radical (unpaired) electrons. The van der Waals surface area contributed by atoms with Crippen LogP contribution in [0.15, 0.2) is 0 Å². The highest BCUT2D eigenvalue weighted by Gasteiger charge is 2.61. The van der Waals surface area contributed by atoms with Crippen LogP contribution in [0.4, 0.5) is 0 Å². The first kappa shape index (κ1) is 17.0. The lowest BCUT2D eigenvalue weighted by Gasteiger charge is -2.62. The predicted octanol–water partition coefficient (Wildman–Crippen LogP) is 4.07. The first-order chi connectivity index (χ1) is 11.3. The van der Waals surface area contributed by atoms with Crippen LogP contribution >= 0.6 is 9.39 Å². The van der Waals surface area contributed by atoms with Crippen LogP contribution < -0.4 is 0 Å². The van der Waals surface area contributed by atoms with E-state index in [1.165, 1.54) is 32.0 Å². The van der Waals surface area contributed by atoms with Gasteiger partial charge in [0, 0.05) is 17.9 Å². The van der Waals surface area contributed by atoms with E-state index in [1.54, 1.807) is 0 Å². The molecule has 24 heavy (non-hydrogen) atoms. The van der Waals surface area contributed by atoms with E-state index in [1.807, 2.05) is 4.67 Å². The summed E-state index contributed by atoms with van der Waals surface area (Å²) in [5.74, 6) is 2.92. The van der Waals surface area contributed by atoms with Gasteiger partial charge in [-0.1, -0.05) is 20.8 Å².